The van der Waals surface area contributed by atoms with Gasteiger partial charge in [0.05, 0.1) is 0 Å². The third-order valence-electron chi connectivity index (χ3n) is 5.90. The van der Waals surface area contributed by atoms with Gasteiger partial charge in [0.1, 0.15) is 12.1 Å². The van der Waals surface area contributed by atoms with Crippen molar-refractivity contribution < 1.29 is 19.2 Å². The third-order valence-corrected chi connectivity index (χ3v) is 5.90. The molecule has 2 fully saturated rings. The normalized spacial score (nSPS) is 20.7. The van der Waals surface area contributed by atoms with E-state index >= 15 is 0 Å². The summed E-state index contributed by atoms with van der Waals surface area (Å²) in [4.78, 5) is 50.3. The highest BCUT2D eigenvalue weighted by Crippen LogP contribution is 2.23. The average molecular weight is 415 g/mol. The van der Waals surface area contributed by atoms with Crippen molar-refractivity contribution in [3.8, 4) is 0 Å². The van der Waals surface area contributed by atoms with Crippen LogP contribution in [-0.2, 0) is 20.8 Å². The lowest BCUT2D eigenvalue weighted by Crippen LogP contribution is -2.49. The van der Waals surface area contributed by atoms with Crippen LogP contribution in [0.5, 0.6) is 0 Å². The van der Waals surface area contributed by atoms with Crippen molar-refractivity contribution in [1.82, 2.24) is 15.5 Å². The van der Waals surface area contributed by atoms with Crippen LogP contribution >= 0.6 is 0 Å². The Labute approximate surface area is 176 Å². The van der Waals surface area contributed by atoms with Gasteiger partial charge in [-0.25, -0.2) is 9.69 Å². The summed E-state index contributed by atoms with van der Waals surface area (Å²) in [5, 5.41) is 5.56. The van der Waals surface area contributed by atoms with Crippen LogP contribution in [0.15, 0.2) is 30.3 Å². The van der Waals surface area contributed by atoms with Crippen molar-refractivity contribution in [2.75, 3.05) is 6.54 Å². The van der Waals surface area contributed by atoms with E-state index in [9.17, 15) is 19.2 Å². The molecule has 2 atom stereocenters. The summed E-state index contributed by atoms with van der Waals surface area (Å²) in [5.41, 5.74) is 6.41. The summed E-state index contributed by atoms with van der Waals surface area (Å²) < 4.78 is 0. The summed E-state index contributed by atoms with van der Waals surface area (Å²) in [7, 11) is 0. The van der Waals surface area contributed by atoms with Gasteiger partial charge in [0.25, 0.3) is 5.91 Å². The molecule has 162 valence electrons. The first-order chi connectivity index (χ1) is 14.5. The second-order valence-electron chi connectivity index (χ2n) is 8.09. The Kier molecular flexibility index (Phi) is 7.43. The molecule has 5 amide bonds. The molecule has 0 aromatic heterocycles. The quantitative estimate of drug-likeness (QED) is 0.418. The molecular formula is C22H30N4O4. The van der Waals surface area contributed by atoms with Crippen molar-refractivity contribution in [2.24, 2.45) is 11.7 Å². The molecule has 8 nitrogen and oxygen atoms in total. The molecule has 0 radical (unpaired) electrons. The maximum Gasteiger partial charge on any atom is 0.325 e. The molecule has 1 aromatic rings. The van der Waals surface area contributed by atoms with Gasteiger partial charge in [0.2, 0.25) is 11.8 Å². The zero-order valence-corrected chi connectivity index (χ0v) is 17.1. The molecule has 1 heterocycles. The molecule has 30 heavy (non-hydrogen) atoms. The molecule has 0 spiro atoms. The fourth-order valence-corrected chi connectivity index (χ4v) is 4.25. The predicted molar refractivity (Wildman–Crippen MR) is 111 cm³/mol. The highest BCUT2D eigenvalue weighted by Gasteiger charge is 2.43. The van der Waals surface area contributed by atoms with Gasteiger partial charge in [-0.05, 0) is 31.2 Å². The van der Waals surface area contributed by atoms with Crippen molar-refractivity contribution in [3.63, 3.8) is 0 Å². The molecule has 2 aliphatic rings. The maximum absolute atomic E-state index is 12.8. The minimum absolute atomic E-state index is 0.0447. The van der Waals surface area contributed by atoms with Gasteiger partial charge in [-0.3, -0.25) is 14.4 Å². The topological polar surface area (TPSA) is 122 Å². The molecule has 1 saturated heterocycles. The van der Waals surface area contributed by atoms with E-state index in [0.29, 0.717) is 19.4 Å². The second-order valence-corrected chi connectivity index (χ2v) is 8.09. The lowest BCUT2D eigenvalue weighted by Gasteiger charge is -2.23. The smallest absolute Gasteiger partial charge is 0.325 e. The third kappa shape index (κ3) is 5.37. The minimum atomic E-state index is -1.02. The highest BCUT2D eigenvalue weighted by atomic mass is 16.2. The highest BCUT2D eigenvalue weighted by molar-refractivity contribution is 6.07. The minimum Gasteiger partial charge on any atom is -0.368 e. The Morgan fingerprint density at radius 3 is 2.50 bits per heavy atom. The Bertz CT molecular complexity index is 777. The second kappa shape index (κ2) is 10.2. The lowest BCUT2D eigenvalue weighted by molar-refractivity contribution is -0.135. The van der Waals surface area contributed by atoms with E-state index in [0.717, 1.165) is 36.1 Å². The number of carbonyl (C=O) groups excluding carboxylic acids is 4. The van der Waals surface area contributed by atoms with E-state index < -0.39 is 29.9 Å². The first kappa shape index (κ1) is 21.8. The molecule has 1 aliphatic carbocycles. The van der Waals surface area contributed by atoms with Crippen LogP contribution < -0.4 is 16.4 Å². The zero-order chi connectivity index (χ0) is 21.5. The van der Waals surface area contributed by atoms with Crippen LogP contribution in [0.1, 0.15) is 50.5 Å². The van der Waals surface area contributed by atoms with E-state index in [1.807, 2.05) is 30.3 Å². The summed E-state index contributed by atoms with van der Waals surface area (Å²) >= 11 is 0. The first-order valence-electron chi connectivity index (χ1n) is 10.7. The largest absolute Gasteiger partial charge is 0.368 e. The van der Waals surface area contributed by atoms with E-state index in [2.05, 4.69) is 10.6 Å². The summed E-state index contributed by atoms with van der Waals surface area (Å²) in [6.45, 7) is 0.385. The van der Waals surface area contributed by atoms with E-state index in [1.54, 1.807) is 0 Å². The van der Waals surface area contributed by atoms with Crippen LogP contribution in [-0.4, -0.2) is 47.3 Å². The van der Waals surface area contributed by atoms with Crippen LogP contribution in [0.25, 0.3) is 0 Å². The van der Waals surface area contributed by atoms with Gasteiger partial charge >= 0.3 is 6.03 Å². The zero-order valence-electron chi connectivity index (χ0n) is 17.1. The summed E-state index contributed by atoms with van der Waals surface area (Å²) in [6, 6.07) is 7.02. The number of carbonyl (C=O) groups is 4. The number of imide groups is 1. The summed E-state index contributed by atoms with van der Waals surface area (Å²) in [5.74, 6) is -1.06. The number of primary amides is 1. The maximum atomic E-state index is 12.8. The fourth-order valence-electron chi connectivity index (χ4n) is 4.25. The predicted octanol–water partition coefficient (Wildman–Crippen LogP) is 1.48. The molecule has 3 rings (SSSR count). The number of nitrogens with zero attached hydrogens (tertiary/aromatic N) is 1. The molecular weight excluding hydrogens is 384 g/mol. The SMILES string of the molecule is NC(=O)[C@H](CCCNC(=O)C1CCCCC1)N1C(=O)N[C@@H](Cc2ccccc2)C1=O. The average Bonchev–Trinajstić information content (AvgIpc) is 3.02. The number of rotatable bonds is 9. The van der Waals surface area contributed by atoms with E-state index in [-0.39, 0.29) is 18.2 Å². The Hall–Kier alpha value is -2.90. The molecule has 8 heteroatoms. The number of amides is 5. The lowest BCUT2D eigenvalue weighted by atomic mass is 9.88. The van der Waals surface area contributed by atoms with Gasteiger partial charge in [-0.15, -0.1) is 0 Å². The first-order valence-corrected chi connectivity index (χ1v) is 10.7. The van der Waals surface area contributed by atoms with Gasteiger partial charge < -0.3 is 16.4 Å². The summed E-state index contributed by atoms with van der Waals surface area (Å²) in [6.07, 6.45) is 6.20. The van der Waals surface area contributed by atoms with Crippen LogP contribution in [0, 0.1) is 5.92 Å². The molecule has 4 N–H and O–H groups in total. The van der Waals surface area contributed by atoms with E-state index in [4.69, 9.17) is 5.73 Å². The monoisotopic (exact) mass is 414 g/mol. The standard InChI is InChI=1S/C22H30N4O4/c23-19(27)18(12-7-13-24-20(28)16-10-5-2-6-11-16)26-21(29)17(25-22(26)30)14-15-8-3-1-4-9-15/h1,3-4,8-9,16-18H,2,5-7,10-14H2,(H2,23,27)(H,24,28)(H,25,30)/t17-,18-/m0/s1. The van der Waals surface area contributed by atoms with E-state index in [1.165, 1.54) is 6.42 Å². The number of hydrogen-bond donors (Lipinski definition) is 3. The number of nitrogens with one attached hydrogen (secondary N) is 2. The molecule has 1 aliphatic heterocycles. The van der Waals surface area contributed by atoms with Crippen molar-refractivity contribution in [3.05, 3.63) is 35.9 Å². The van der Waals surface area contributed by atoms with Crippen LogP contribution in [0.4, 0.5) is 4.79 Å². The van der Waals surface area contributed by atoms with Crippen LogP contribution in [0.3, 0.4) is 0 Å². The number of urea groups is 1. The van der Waals surface area contributed by atoms with Gasteiger partial charge in [-0.1, -0.05) is 49.6 Å². The van der Waals surface area contributed by atoms with Gasteiger partial charge in [0.15, 0.2) is 0 Å². The molecule has 1 aromatic carbocycles. The Morgan fingerprint density at radius 1 is 1.13 bits per heavy atom. The number of benzene rings is 1. The molecule has 0 bridgehead atoms. The number of hydrogen-bond acceptors (Lipinski definition) is 4. The number of nitrogens with two attached hydrogens (primary N) is 1. The fraction of sp³-hybridized carbons (Fsp3) is 0.545. The van der Waals surface area contributed by atoms with Crippen molar-refractivity contribution in [2.45, 2.75) is 63.5 Å². The van der Waals surface area contributed by atoms with Crippen LogP contribution in [0.2, 0.25) is 0 Å². The van der Waals surface area contributed by atoms with Crippen molar-refractivity contribution in [1.29, 1.82) is 0 Å². The Morgan fingerprint density at radius 2 is 1.83 bits per heavy atom. The van der Waals surface area contributed by atoms with Crippen molar-refractivity contribution >= 4 is 23.8 Å². The Balaban J connectivity index is 1.52. The molecule has 0 unspecified atom stereocenters. The van der Waals surface area contributed by atoms with Gasteiger partial charge in [-0.2, -0.15) is 0 Å². The molecule has 1 saturated carbocycles. The van der Waals surface area contributed by atoms with Gasteiger partial charge in [0, 0.05) is 18.9 Å².